The predicted molar refractivity (Wildman–Crippen MR) is 268 cm³/mol. The van der Waals surface area contributed by atoms with Crippen molar-refractivity contribution < 1.29 is 33.7 Å². The van der Waals surface area contributed by atoms with Gasteiger partial charge in [-0.3, -0.25) is 9.59 Å². The number of carbonyl (C=O) groups excluding carboxylic acids is 3. The number of aliphatic hydroxyl groups is 1. The molecule has 7 nitrogen and oxygen atoms in total. The zero-order valence-corrected chi connectivity index (χ0v) is 42.6. The second kappa shape index (κ2) is 25.8. The molecule has 0 spiro atoms. The van der Waals surface area contributed by atoms with Gasteiger partial charge in [0, 0.05) is 43.3 Å². The van der Waals surface area contributed by atoms with Crippen molar-refractivity contribution in [2.75, 3.05) is 0 Å². The maximum absolute atomic E-state index is 13.5. The fourth-order valence-electron chi connectivity index (χ4n) is 10.1. The number of unbranched alkanes of at least 4 members (excludes halogenated alkanes) is 11. The molecule has 0 aromatic carbocycles. The van der Waals surface area contributed by atoms with E-state index in [1.165, 1.54) is 71.1 Å². The molecule has 1 aliphatic heterocycles. The Kier molecular flexibility index (Phi) is 21.9. The molecular formula is C58H86O7. The van der Waals surface area contributed by atoms with Crippen LogP contribution >= 0.6 is 0 Å². The van der Waals surface area contributed by atoms with Crippen molar-refractivity contribution in [3.63, 3.8) is 0 Å². The fourth-order valence-corrected chi connectivity index (χ4v) is 10.1. The molecule has 1 N–H and O–H groups in total. The number of ketones is 1. The topological polar surface area (TPSA) is 102 Å². The van der Waals surface area contributed by atoms with Crippen LogP contribution in [0.2, 0.25) is 0 Å². The first kappa shape index (κ1) is 55.3. The molecule has 0 aromatic heterocycles. The number of fused-ring (bicyclic) bond motifs is 1. The lowest BCUT2D eigenvalue weighted by Gasteiger charge is -2.44. The van der Waals surface area contributed by atoms with Crippen molar-refractivity contribution in [1.29, 1.82) is 0 Å². The van der Waals surface area contributed by atoms with Gasteiger partial charge in [-0.25, -0.2) is 4.79 Å². The second-order valence-corrected chi connectivity index (χ2v) is 21.0. The zero-order valence-electron chi connectivity index (χ0n) is 42.6. The average molecular weight is 895 g/mol. The van der Waals surface area contributed by atoms with Crippen LogP contribution in [0.3, 0.4) is 0 Å². The predicted octanol–water partition coefficient (Wildman–Crippen LogP) is 14.5. The van der Waals surface area contributed by atoms with E-state index >= 15 is 0 Å². The Hall–Kier alpha value is -4.03. The van der Waals surface area contributed by atoms with Gasteiger partial charge in [-0.15, -0.1) is 5.73 Å². The summed E-state index contributed by atoms with van der Waals surface area (Å²) in [4.78, 5) is 37.8. The number of hydrogen-bond donors (Lipinski definition) is 1. The summed E-state index contributed by atoms with van der Waals surface area (Å²) in [7, 11) is 0. The Balaban J connectivity index is 1.43. The van der Waals surface area contributed by atoms with E-state index in [0.717, 1.165) is 35.1 Å². The molecule has 360 valence electrons. The summed E-state index contributed by atoms with van der Waals surface area (Å²) in [6.07, 6.45) is 42.6. The first-order valence-electron chi connectivity index (χ1n) is 24.8. The Bertz CT molecular complexity index is 1910. The second-order valence-electron chi connectivity index (χ2n) is 21.0. The average Bonchev–Trinajstić information content (AvgIpc) is 3.81. The van der Waals surface area contributed by atoms with Crippen molar-refractivity contribution >= 4 is 17.7 Å². The van der Waals surface area contributed by atoms with Gasteiger partial charge in [-0.05, 0) is 89.9 Å². The molecule has 0 radical (unpaired) electrons. The normalized spacial score (nSPS) is 27.1. The number of allylic oxidation sites excluding steroid dienone is 15. The lowest BCUT2D eigenvalue weighted by molar-refractivity contribution is -0.152. The van der Waals surface area contributed by atoms with Crippen LogP contribution in [0.25, 0.3) is 0 Å². The monoisotopic (exact) mass is 895 g/mol. The van der Waals surface area contributed by atoms with E-state index in [9.17, 15) is 19.5 Å². The van der Waals surface area contributed by atoms with E-state index in [4.69, 9.17) is 14.2 Å². The summed E-state index contributed by atoms with van der Waals surface area (Å²) in [5, 5.41) is 11.2. The van der Waals surface area contributed by atoms with E-state index in [2.05, 4.69) is 47.3 Å². The van der Waals surface area contributed by atoms with Crippen LogP contribution in [0.5, 0.6) is 0 Å². The quantitative estimate of drug-likeness (QED) is 0.0243. The number of epoxide rings is 1. The van der Waals surface area contributed by atoms with Gasteiger partial charge in [0.15, 0.2) is 5.78 Å². The van der Waals surface area contributed by atoms with Crippen LogP contribution in [0, 0.1) is 10.8 Å². The van der Waals surface area contributed by atoms with Gasteiger partial charge < -0.3 is 19.3 Å². The summed E-state index contributed by atoms with van der Waals surface area (Å²) in [6.45, 7) is 23.8. The highest BCUT2D eigenvalue weighted by atomic mass is 16.6. The van der Waals surface area contributed by atoms with Gasteiger partial charge in [-0.2, -0.15) is 0 Å². The lowest BCUT2D eigenvalue weighted by Crippen LogP contribution is -2.49. The van der Waals surface area contributed by atoms with Gasteiger partial charge in [0.05, 0.1) is 11.2 Å². The van der Waals surface area contributed by atoms with Gasteiger partial charge in [0.1, 0.15) is 17.8 Å². The number of Topliss-reactive ketones (excluding diaryl/α,β-unsaturated/α-hetero) is 1. The molecule has 2 aliphatic carbocycles. The molecule has 7 heteroatoms. The maximum atomic E-state index is 13.5. The molecule has 3 aliphatic rings. The highest BCUT2D eigenvalue weighted by Crippen LogP contribution is 2.67. The number of hydrogen-bond acceptors (Lipinski definition) is 7. The molecule has 0 unspecified atom stereocenters. The largest absolute Gasteiger partial charge is 0.462 e. The van der Waals surface area contributed by atoms with Crippen molar-refractivity contribution in [2.24, 2.45) is 10.8 Å². The Labute approximate surface area is 394 Å². The van der Waals surface area contributed by atoms with Crippen LogP contribution in [0.4, 0.5) is 0 Å². The molecule has 3 fully saturated rings. The lowest BCUT2D eigenvalue weighted by atomic mass is 9.61. The third kappa shape index (κ3) is 17.9. The third-order valence-corrected chi connectivity index (χ3v) is 13.6. The molecule has 2 saturated carbocycles. The Morgan fingerprint density at radius 3 is 1.75 bits per heavy atom. The van der Waals surface area contributed by atoms with E-state index < -0.39 is 16.8 Å². The highest BCUT2D eigenvalue weighted by Gasteiger charge is 2.76. The number of esters is 2. The molecule has 1 heterocycles. The van der Waals surface area contributed by atoms with Crippen LogP contribution in [-0.2, 0) is 28.6 Å². The molecular weight excluding hydrogens is 809 g/mol. The van der Waals surface area contributed by atoms with Gasteiger partial charge in [0.25, 0.3) is 0 Å². The fraction of sp³-hybridized carbons (Fsp3) is 0.621. The van der Waals surface area contributed by atoms with E-state index in [1.54, 1.807) is 13.0 Å². The highest BCUT2D eigenvalue weighted by molar-refractivity contribution is 5.96. The van der Waals surface area contributed by atoms with Crippen molar-refractivity contribution in [3.05, 3.63) is 113 Å². The molecule has 3 rings (SSSR count). The summed E-state index contributed by atoms with van der Waals surface area (Å²) in [6, 6.07) is 0. The molecule has 5 atom stereocenters. The standard InChI is InChI=1S/C58H86O7/c1-13-14-15-16-17-18-19-20-21-22-23-24-25-36-53(61)64-50-40-55(9,10)58(57(12,42-50)65-58)43-51(60)47(5)35-29-34-45(3)31-27-26-30-44(2)32-28-33-46(4)37-38-52-54(7,8)39-49(63-48(6)59)41-56(52,11)62/h25-37,49-50,62H,13-24,39-43H2,1-12H3/b27-26+,32-28+,34-29+,36-25+,44-30+,45-31+,46-33+,47-35+/t38?,49-,50-,56+,57+,58-/m0/s1. The Morgan fingerprint density at radius 1 is 0.662 bits per heavy atom. The van der Waals surface area contributed by atoms with Gasteiger partial charge in [-0.1, -0.05) is 177 Å². The number of carbonyl (C=O) groups is 3. The molecule has 0 aromatic rings. The summed E-state index contributed by atoms with van der Waals surface area (Å²) < 4.78 is 17.8. The molecule has 0 bridgehead atoms. The summed E-state index contributed by atoms with van der Waals surface area (Å²) in [5.41, 5.74) is 5.08. The Morgan fingerprint density at radius 2 is 1.20 bits per heavy atom. The number of ether oxygens (including phenoxy) is 3. The SMILES string of the molecule is CCCCCCCCCCCCC/C=C/C(=O)O[C@H]1CC(C)(C)[C@]2(CC(=O)/C(C)=C/C=C/C(C)=C/C=C/C=C(C)/C=C/C=C(\C)C=C=C3C(C)(C)C[C@H](OC(C)=O)C[C@@]3(C)O)O[C@]2(C)C1. The van der Waals surface area contributed by atoms with Crippen molar-refractivity contribution in [2.45, 2.75) is 221 Å². The minimum absolute atomic E-state index is 0.0672. The molecule has 1 saturated heterocycles. The van der Waals surface area contributed by atoms with Crippen LogP contribution in [0.15, 0.2) is 113 Å². The zero-order chi connectivity index (χ0) is 48.3. The van der Waals surface area contributed by atoms with Crippen molar-refractivity contribution in [1.82, 2.24) is 0 Å². The summed E-state index contributed by atoms with van der Waals surface area (Å²) in [5.74, 6) is -0.548. The van der Waals surface area contributed by atoms with Crippen LogP contribution < -0.4 is 0 Å². The smallest absolute Gasteiger partial charge is 0.330 e. The van der Waals surface area contributed by atoms with Crippen molar-refractivity contribution in [3.8, 4) is 0 Å². The van der Waals surface area contributed by atoms with Gasteiger partial charge in [0.2, 0.25) is 0 Å². The summed E-state index contributed by atoms with van der Waals surface area (Å²) >= 11 is 0. The number of rotatable bonds is 25. The third-order valence-electron chi connectivity index (χ3n) is 13.6. The molecule has 65 heavy (non-hydrogen) atoms. The van der Waals surface area contributed by atoms with Gasteiger partial charge >= 0.3 is 11.9 Å². The van der Waals surface area contributed by atoms with E-state index in [-0.39, 0.29) is 40.8 Å². The van der Waals surface area contributed by atoms with Crippen LogP contribution in [0.1, 0.15) is 192 Å². The van der Waals surface area contributed by atoms with Crippen LogP contribution in [-0.4, -0.2) is 51.8 Å². The minimum Gasteiger partial charge on any atom is -0.462 e. The minimum atomic E-state index is -1.12. The van der Waals surface area contributed by atoms with E-state index in [0.29, 0.717) is 37.7 Å². The van der Waals surface area contributed by atoms with E-state index in [1.807, 2.05) is 101 Å². The maximum Gasteiger partial charge on any atom is 0.330 e. The first-order chi connectivity index (χ1) is 30.6. The first-order valence-corrected chi connectivity index (χ1v) is 24.8. The molecule has 0 amide bonds.